The van der Waals surface area contributed by atoms with Gasteiger partial charge in [0.25, 0.3) is 5.91 Å². The van der Waals surface area contributed by atoms with E-state index in [9.17, 15) is 4.79 Å². The molecule has 0 aliphatic carbocycles. The third-order valence-electron chi connectivity index (χ3n) is 5.65. The Morgan fingerprint density at radius 3 is 2.58 bits per heavy atom. The molecule has 0 unspecified atom stereocenters. The molecule has 4 rings (SSSR count). The normalized spacial score (nSPS) is 14.3. The van der Waals surface area contributed by atoms with Gasteiger partial charge >= 0.3 is 0 Å². The van der Waals surface area contributed by atoms with Crippen molar-refractivity contribution < 1.29 is 23.7 Å². The SMILES string of the molecule is COc1ccc2sc(N(CCCN3CCOCC3)C(=O)c3ccc(OC)c(OC)c3)nc2c1. The topological polar surface area (TPSA) is 73.4 Å². The second kappa shape index (κ2) is 10.8. The van der Waals surface area contributed by atoms with Crippen molar-refractivity contribution >= 4 is 32.6 Å². The molecule has 0 spiro atoms. The molecule has 0 saturated carbocycles. The third-order valence-corrected chi connectivity index (χ3v) is 6.71. The van der Waals surface area contributed by atoms with Gasteiger partial charge in [-0.15, -0.1) is 0 Å². The van der Waals surface area contributed by atoms with Crippen LogP contribution in [0.3, 0.4) is 0 Å². The van der Waals surface area contributed by atoms with Crippen LogP contribution in [0.15, 0.2) is 36.4 Å². The number of morpholine rings is 1. The molecule has 0 radical (unpaired) electrons. The summed E-state index contributed by atoms with van der Waals surface area (Å²) >= 11 is 1.50. The van der Waals surface area contributed by atoms with E-state index < -0.39 is 0 Å². The largest absolute Gasteiger partial charge is 0.497 e. The Morgan fingerprint density at radius 2 is 1.85 bits per heavy atom. The van der Waals surface area contributed by atoms with Crippen LogP contribution in [-0.2, 0) is 4.74 Å². The summed E-state index contributed by atoms with van der Waals surface area (Å²) in [6, 6.07) is 11.0. The summed E-state index contributed by atoms with van der Waals surface area (Å²) in [6.45, 7) is 4.82. The first-order valence-electron chi connectivity index (χ1n) is 10.9. The monoisotopic (exact) mass is 471 g/mol. The van der Waals surface area contributed by atoms with Crippen LogP contribution in [0.1, 0.15) is 16.8 Å². The number of methoxy groups -OCH3 is 3. The molecule has 2 heterocycles. The second-order valence-electron chi connectivity index (χ2n) is 7.66. The quantitative estimate of drug-likeness (QED) is 0.471. The van der Waals surface area contributed by atoms with Crippen LogP contribution in [0.25, 0.3) is 10.2 Å². The van der Waals surface area contributed by atoms with E-state index in [-0.39, 0.29) is 5.91 Å². The average molecular weight is 472 g/mol. The van der Waals surface area contributed by atoms with Crippen LogP contribution in [0, 0.1) is 0 Å². The molecule has 1 aliphatic rings. The van der Waals surface area contributed by atoms with Gasteiger partial charge in [0.1, 0.15) is 5.75 Å². The van der Waals surface area contributed by atoms with Crippen LogP contribution < -0.4 is 19.1 Å². The van der Waals surface area contributed by atoms with Gasteiger partial charge in [0.2, 0.25) is 0 Å². The highest BCUT2D eigenvalue weighted by atomic mass is 32.1. The van der Waals surface area contributed by atoms with E-state index in [1.54, 1.807) is 44.4 Å². The Morgan fingerprint density at radius 1 is 1.06 bits per heavy atom. The number of anilines is 1. The lowest BCUT2D eigenvalue weighted by molar-refractivity contribution is 0.0376. The first-order chi connectivity index (χ1) is 16.1. The minimum absolute atomic E-state index is 0.121. The fourth-order valence-corrected chi connectivity index (χ4v) is 4.79. The number of hydrogen-bond acceptors (Lipinski definition) is 8. The Balaban J connectivity index is 1.61. The molecule has 0 bridgehead atoms. The molecule has 0 atom stereocenters. The summed E-state index contributed by atoms with van der Waals surface area (Å²) in [6.07, 6.45) is 0.832. The summed E-state index contributed by atoms with van der Waals surface area (Å²) < 4.78 is 22.5. The lowest BCUT2D eigenvalue weighted by Crippen LogP contribution is -2.39. The first kappa shape index (κ1) is 23.3. The Hall–Kier alpha value is -2.88. The summed E-state index contributed by atoms with van der Waals surface area (Å²) in [7, 11) is 4.77. The molecule has 1 fully saturated rings. The first-order valence-corrected chi connectivity index (χ1v) is 11.7. The lowest BCUT2D eigenvalue weighted by Gasteiger charge is -2.27. The zero-order valence-electron chi connectivity index (χ0n) is 19.2. The molecular weight excluding hydrogens is 442 g/mol. The zero-order valence-corrected chi connectivity index (χ0v) is 20.0. The van der Waals surface area contributed by atoms with Crippen molar-refractivity contribution in [2.75, 3.05) is 65.6 Å². The number of aromatic nitrogens is 1. The maximum absolute atomic E-state index is 13.6. The third kappa shape index (κ3) is 5.38. The number of nitrogens with zero attached hydrogens (tertiary/aromatic N) is 3. The second-order valence-corrected chi connectivity index (χ2v) is 8.67. The number of fused-ring (bicyclic) bond motifs is 1. The average Bonchev–Trinajstić information content (AvgIpc) is 3.29. The van der Waals surface area contributed by atoms with Crippen LogP contribution >= 0.6 is 11.3 Å². The van der Waals surface area contributed by atoms with Crippen LogP contribution in [0.4, 0.5) is 5.13 Å². The highest BCUT2D eigenvalue weighted by molar-refractivity contribution is 7.22. The molecule has 2 aromatic carbocycles. The van der Waals surface area contributed by atoms with Gasteiger partial charge < -0.3 is 18.9 Å². The van der Waals surface area contributed by atoms with Crippen LogP contribution in [0.5, 0.6) is 17.2 Å². The smallest absolute Gasteiger partial charge is 0.260 e. The highest BCUT2D eigenvalue weighted by Crippen LogP contribution is 2.33. The van der Waals surface area contributed by atoms with Gasteiger partial charge in [-0.05, 0) is 36.8 Å². The van der Waals surface area contributed by atoms with Crippen molar-refractivity contribution in [3.63, 3.8) is 0 Å². The van der Waals surface area contributed by atoms with Gasteiger partial charge in [-0.2, -0.15) is 0 Å². The van der Waals surface area contributed by atoms with E-state index in [1.807, 2.05) is 18.2 Å². The molecule has 1 saturated heterocycles. The van der Waals surface area contributed by atoms with E-state index in [0.29, 0.717) is 28.7 Å². The Labute approximate surface area is 197 Å². The van der Waals surface area contributed by atoms with E-state index in [4.69, 9.17) is 23.9 Å². The number of hydrogen-bond donors (Lipinski definition) is 0. The van der Waals surface area contributed by atoms with E-state index in [0.717, 1.165) is 55.2 Å². The van der Waals surface area contributed by atoms with E-state index in [1.165, 1.54) is 11.3 Å². The predicted molar refractivity (Wildman–Crippen MR) is 129 cm³/mol. The minimum Gasteiger partial charge on any atom is -0.497 e. The number of ether oxygens (including phenoxy) is 4. The molecule has 8 nitrogen and oxygen atoms in total. The highest BCUT2D eigenvalue weighted by Gasteiger charge is 2.23. The summed E-state index contributed by atoms with van der Waals surface area (Å²) in [4.78, 5) is 22.5. The lowest BCUT2D eigenvalue weighted by atomic mass is 10.1. The van der Waals surface area contributed by atoms with Gasteiger partial charge in [-0.1, -0.05) is 11.3 Å². The Kier molecular flexibility index (Phi) is 7.64. The summed E-state index contributed by atoms with van der Waals surface area (Å²) in [5.41, 5.74) is 1.34. The van der Waals surface area contributed by atoms with E-state index >= 15 is 0 Å². The maximum atomic E-state index is 13.6. The maximum Gasteiger partial charge on any atom is 0.260 e. The molecule has 176 valence electrons. The van der Waals surface area contributed by atoms with Crippen molar-refractivity contribution in [2.45, 2.75) is 6.42 Å². The molecule has 9 heteroatoms. The number of carbonyl (C=O) groups is 1. The molecule has 1 aliphatic heterocycles. The van der Waals surface area contributed by atoms with Gasteiger partial charge in [-0.25, -0.2) is 4.98 Å². The van der Waals surface area contributed by atoms with Gasteiger partial charge in [0.05, 0.1) is 44.8 Å². The summed E-state index contributed by atoms with van der Waals surface area (Å²) in [5, 5.41) is 0.667. The van der Waals surface area contributed by atoms with Crippen molar-refractivity contribution in [1.29, 1.82) is 0 Å². The molecule has 1 amide bonds. The minimum atomic E-state index is -0.121. The molecule has 1 aromatic heterocycles. The number of rotatable bonds is 9. The molecule has 3 aromatic rings. The summed E-state index contributed by atoms with van der Waals surface area (Å²) in [5.74, 6) is 1.72. The molecule has 33 heavy (non-hydrogen) atoms. The van der Waals surface area contributed by atoms with Gasteiger partial charge in [0.15, 0.2) is 16.6 Å². The molecular formula is C24H29N3O5S. The number of benzene rings is 2. The van der Waals surface area contributed by atoms with Crippen molar-refractivity contribution in [1.82, 2.24) is 9.88 Å². The Bertz CT molecular complexity index is 1100. The van der Waals surface area contributed by atoms with Gasteiger partial charge in [0, 0.05) is 37.8 Å². The zero-order chi connectivity index (χ0) is 23.2. The number of amides is 1. The number of carbonyl (C=O) groups excluding carboxylic acids is 1. The van der Waals surface area contributed by atoms with Gasteiger partial charge in [-0.3, -0.25) is 14.6 Å². The van der Waals surface area contributed by atoms with Crippen LogP contribution in [-0.4, -0.2) is 76.5 Å². The predicted octanol–water partition coefficient (Wildman–Crippen LogP) is 3.69. The standard InChI is InChI=1S/C24H29N3O5S/c1-29-18-6-8-22-19(16-18)25-24(33-22)27(10-4-9-26-11-13-32-14-12-26)23(28)17-5-7-20(30-2)21(15-17)31-3/h5-8,15-16H,4,9-14H2,1-3H3. The fraction of sp³-hybridized carbons (Fsp3) is 0.417. The van der Waals surface area contributed by atoms with Crippen molar-refractivity contribution in [3.8, 4) is 17.2 Å². The van der Waals surface area contributed by atoms with Crippen LogP contribution in [0.2, 0.25) is 0 Å². The fourth-order valence-electron chi connectivity index (χ4n) is 3.82. The molecule has 0 N–H and O–H groups in total. The van der Waals surface area contributed by atoms with Crippen molar-refractivity contribution in [3.05, 3.63) is 42.0 Å². The van der Waals surface area contributed by atoms with Crippen molar-refractivity contribution in [2.24, 2.45) is 0 Å². The number of thiazole rings is 1. The van der Waals surface area contributed by atoms with E-state index in [2.05, 4.69) is 4.90 Å².